The molecule has 0 rings (SSSR count). The second-order valence-corrected chi connectivity index (χ2v) is 5.51. The van der Waals surface area contributed by atoms with Gasteiger partial charge in [-0.1, -0.05) is 20.8 Å². The molecule has 0 aliphatic rings. The first-order chi connectivity index (χ1) is 9.37. The van der Waals surface area contributed by atoms with Crippen LogP contribution in [0.2, 0.25) is 0 Å². The van der Waals surface area contributed by atoms with Gasteiger partial charge in [0, 0.05) is 0 Å². The van der Waals surface area contributed by atoms with Gasteiger partial charge in [-0.15, -0.1) is 0 Å². The van der Waals surface area contributed by atoms with E-state index in [1.807, 2.05) is 13.8 Å². The maximum absolute atomic E-state index is 10.6. The summed E-state index contributed by atoms with van der Waals surface area (Å²) >= 11 is 0. The molecule has 120 valence electrons. The van der Waals surface area contributed by atoms with E-state index in [1.54, 1.807) is 0 Å². The van der Waals surface area contributed by atoms with Gasteiger partial charge in [0.2, 0.25) is 0 Å². The van der Waals surface area contributed by atoms with Crippen LogP contribution in [0, 0.1) is 0 Å². The minimum atomic E-state index is -0.940. The quantitative estimate of drug-likeness (QED) is 0.577. The van der Waals surface area contributed by atoms with E-state index < -0.39 is 11.6 Å². The molecule has 0 spiro atoms. The lowest BCUT2D eigenvalue weighted by atomic mass is 9.92. The summed E-state index contributed by atoms with van der Waals surface area (Å²) in [5.74, 6) is -0.940. The van der Waals surface area contributed by atoms with Crippen molar-refractivity contribution < 1.29 is 19.4 Å². The van der Waals surface area contributed by atoms with Gasteiger partial charge in [-0.2, -0.15) is 0 Å². The molecule has 0 radical (unpaired) electrons. The number of hydrogen-bond acceptors (Lipinski definition) is 4. The molecule has 0 amide bonds. The van der Waals surface area contributed by atoms with Crippen LogP contribution in [0.15, 0.2) is 0 Å². The molecule has 20 heavy (non-hydrogen) atoms. The molecule has 5 nitrogen and oxygen atoms in total. The summed E-state index contributed by atoms with van der Waals surface area (Å²) in [5, 5.41) is 8.70. The summed E-state index contributed by atoms with van der Waals surface area (Å²) < 4.78 is 11.5. The molecule has 0 bridgehead atoms. The Kier molecular flexibility index (Phi) is 9.01. The van der Waals surface area contributed by atoms with Crippen molar-refractivity contribution in [2.24, 2.45) is 5.73 Å². The number of ether oxygens (including phenoxy) is 2. The Labute approximate surface area is 122 Å². The van der Waals surface area contributed by atoms with Gasteiger partial charge in [-0.05, 0) is 45.6 Å². The van der Waals surface area contributed by atoms with Gasteiger partial charge in [-0.25, -0.2) is 4.79 Å². The first-order valence-corrected chi connectivity index (χ1v) is 7.56. The first-order valence-electron chi connectivity index (χ1n) is 7.56. The molecule has 3 N–H and O–H groups in total. The van der Waals surface area contributed by atoms with Crippen molar-refractivity contribution in [1.82, 2.24) is 0 Å². The minimum Gasteiger partial charge on any atom is -0.480 e. The molecule has 1 atom stereocenters. The monoisotopic (exact) mass is 289 g/mol. The predicted octanol–water partition coefficient (Wildman–Crippen LogP) is 2.57. The molecule has 5 heteroatoms. The number of carboxylic acids is 1. The summed E-state index contributed by atoms with van der Waals surface area (Å²) in [4.78, 5) is 10.6. The molecule has 0 aliphatic heterocycles. The van der Waals surface area contributed by atoms with Crippen LogP contribution in [-0.2, 0) is 14.3 Å². The molecule has 1 unspecified atom stereocenters. The van der Waals surface area contributed by atoms with E-state index >= 15 is 0 Å². The van der Waals surface area contributed by atoms with Crippen molar-refractivity contribution in [1.29, 1.82) is 0 Å². The third kappa shape index (κ3) is 6.68. The van der Waals surface area contributed by atoms with Crippen molar-refractivity contribution >= 4 is 5.97 Å². The number of rotatable bonds is 12. The smallest absolute Gasteiger partial charge is 0.329 e. The fourth-order valence-corrected chi connectivity index (χ4v) is 2.21. The van der Waals surface area contributed by atoms with Gasteiger partial charge in [0.25, 0.3) is 0 Å². The van der Waals surface area contributed by atoms with Crippen LogP contribution in [0.4, 0.5) is 0 Å². The van der Waals surface area contributed by atoms with E-state index in [0.717, 1.165) is 25.7 Å². The van der Waals surface area contributed by atoms with Crippen LogP contribution in [0.1, 0.15) is 59.8 Å². The lowest BCUT2D eigenvalue weighted by Gasteiger charge is -2.34. The van der Waals surface area contributed by atoms with E-state index in [1.165, 1.54) is 0 Å². The molecule has 0 saturated carbocycles. The van der Waals surface area contributed by atoms with Gasteiger partial charge in [0.05, 0.1) is 17.8 Å². The summed E-state index contributed by atoms with van der Waals surface area (Å²) in [6.07, 6.45) is 4.15. The number of carbonyl (C=O) groups is 1. The molecule has 0 saturated heterocycles. The third-order valence-corrected chi connectivity index (χ3v) is 4.22. The Bertz CT molecular complexity index is 279. The van der Waals surface area contributed by atoms with Crippen LogP contribution < -0.4 is 5.73 Å². The van der Waals surface area contributed by atoms with Gasteiger partial charge >= 0.3 is 5.97 Å². The number of carboxylic acid groups (broad SMARTS) is 1. The van der Waals surface area contributed by atoms with Crippen LogP contribution in [0.3, 0.4) is 0 Å². The molecular weight excluding hydrogens is 258 g/mol. The molecule has 0 heterocycles. The van der Waals surface area contributed by atoms with E-state index in [0.29, 0.717) is 19.6 Å². The van der Waals surface area contributed by atoms with Gasteiger partial charge in [0.1, 0.15) is 6.61 Å². The highest BCUT2D eigenvalue weighted by Gasteiger charge is 2.29. The van der Waals surface area contributed by atoms with Crippen molar-refractivity contribution in [3.05, 3.63) is 0 Å². The van der Waals surface area contributed by atoms with E-state index in [2.05, 4.69) is 13.8 Å². The van der Waals surface area contributed by atoms with Crippen molar-refractivity contribution in [2.45, 2.75) is 71.0 Å². The zero-order valence-electron chi connectivity index (χ0n) is 13.4. The lowest BCUT2D eigenvalue weighted by Crippen LogP contribution is -2.37. The van der Waals surface area contributed by atoms with Crippen LogP contribution >= 0.6 is 0 Å². The fourth-order valence-electron chi connectivity index (χ4n) is 2.21. The number of nitrogens with two attached hydrogens (primary N) is 1. The highest BCUT2D eigenvalue weighted by molar-refractivity contribution is 5.68. The highest BCUT2D eigenvalue weighted by atomic mass is 16.5. The van der Waals surface area contributed by atoms with Crippen LogP contribution in [0.25, 0.3) is 0 Å². The number of hydrogen-bond donors (Lipinski definition) is 2. The van der Waals surface area contributed by atoms with Crippen LogP contribution in [0.5, 0.6) is 0 Å². The summed E-state index contributed by atoms with van der Waals surface area (Å²) in [7, 11) is 0. The second kappa shape index (κ2) is 9.32. The van der Waals surface area contributed by atoms with Crippen molar-refractivity contribution in [2.75, 3.05) is 19.8 Å². The average molecular weight is 289 g/mol. The Morgan fingerprint density at radius 2 is 1.70 bits per heavy atom. The third-order valence-electron chi connectivity index (χ3n) is 4.22. The average Bonchev–Trinajstić information content (AvgIpc) is 2.44. The van der Waals surface area contributed by atoms with Crippen LogP contribution in [-0.4, -0.2) is 42.0 Å². The molecule has 0 aliphatic carbocycles. The Balaban J connectivity index is 4.37. The summed E-state index contributed by atoms with van der Waals surface area (Å²) in [6, 6.07) is 0. The summed E-state index contributed by atoms with van der Waals surface area (Å²) in [5.41, 5.74) is 5.05. The predicted molar refractivity (Wildman–Crippen MR) is 79.8 cm³/mol. The fraction of sp³-hybridized carbons (Fsp3) is 0.933. The van der Waals surface area contributed by atoms with Crippen molar-refractivity contribution in [3.8, 4) is 0 Å². The molecule has 0 aromatic rings. The topological polar surface area (TPSA) is 81.8 Å². The Hall–Kier alpha value is -0.650. The maximum atomic E-state index is 10.6. The highest BCUT2D eigenvalue weighted by Crippen LogP contribution is 2.27. The SMILES string of the molecule is CCC(C)(CCOC(CC)(CC)CCN)OCC(=O)O. The van der Waals surface area contributed by atoms with Gasteiger partial charge in [0.15, 0.2) is 0 Å². The normalized spacial score (nSPS) is 15.1. The molecule has 0 aromatic carbocycles. The Morgan fingerprint density at radius 1 is 1.10 bits per heavy atom. The second-order valence-electron chi connectivity index (χ2n) is 5.51. The number of aliphatic carboxylic acids is 1. The zero-order valence-corrected chi connectivity index (χ0v) is 13.4. The molecular formula is C15H31NO4. The van der Waals surface area contributed by atoms with Gasteiger partial charge in [-0.3, -0.25) is 0 Å². The van der Waals surface area contributed by atoms with E-state index in [9.17, 15) is 4.79 Å². The first kappa shape index (κ1) is 19.4. The maximum Gasteiger partial charge on any atom is 0.329 e. The molecule has 0 fully saturated rings. The largest absolute Gasteiger partial charge is 0.480 e. The molecule has 0 aromatic heterocycles. The standard InChI is InChI=1S/C15H31NO4/c1-5-14(4,20-12-13(17)18)9-11-19-15(6-2,7-3)8-10-16/h5-12,16H2,1-4H3,(H,17,18). The Morgan fingerprint density at radius 3 is 2.10 bits per heavy atom. The minimum absolute atomic E-state index is 0.157. The van der Waals surface area contributed by atoms with E-state index in [4.69, 9.17) is 20.3 Å². The van der Waals surface area contributed by atoms with Gasteiger partial charge < -0.3 is 20.3 Å². The lowest BCUT2D eigenvalue weighted by molar-refractivity contribution is -0.152. The zero-order chi connectivity index (χ0) is 15.6. The van der Waals surface area contributed by atoms with E-state index in [-0.39, 0.29) is 12.2 Å². The van der Waals surface area contributed by atoms with Crippen molar-refractivity contribution in [3.63, 3.8) is 0 Å². The summed E-state index contributed by atoms with van der Waals surface area (Å²) in [6.45, 7) is 9.06.